The Bertz CT molecular complexity index is 721. The zero-order valence-electron chi connectivity index (χ0n) is 11.9. The van der Waals surface area contributed by atoms with Gasteiger partial charge in [-0.15, -0.1) is 0 Å². The first-order valence-corrected chi connectivity index (χ1v) is 6.73. The SMILES string of the molecule is CC1(C)CC(=O)c2cnc(-c3cc(O)cc(F)c3)nc2C1. The highest BCUT2D eigenvalue weighted by molar-refractivity contribution is 5.98. The van der Waals surface area contributed by atoms with Crippen molar-refractivity contribution in [3.63, 3.8) is 0 Å². The van der Waals surface area contributed by atoms with Crippen LogP contribution in [0.3, 0.4) is 0 Å². The Morgan fingerprint density at radius 3 is 2.71 bits per heavy atom. The van der Waals surface area contributed by atoms with Crippen molar-refractivity contribution in [3.8, 4) is 17.1 Å². The highest BCUT2D eigenvalue weighted by atomic mass is 19.1. The average molecular weight is 286 g/mol. The number of aromatic hydroxyl groups is 1. The van der Waals surface area contributed by atoms with E-state index in [0.717, 1.165) is 6.07 Å². The minimum absolute atomic E-state index is 0.0369. The van der Waals surface area contributed by atoms with Gasteiger partial charge in [0.15, 0.2) is 11.6 Å². The molecule has 0 amide bonds. The number of aromatic nitrogens is 2. The first kappa shape index (κ1) is 13.7. The summed E-state index contributed by atoms with van der Waals surface area (Å²) in [5.74, 6) is -0.380. The number of fused-ring (bicyclic) bond motifs is 1. The second kappa shape index (κ2) is 4.62. The monoisotopic (exact) mass is 286 g/mol. The molecule has 0 saturated heterocycles. The molecule has 2 aromatic rings. The maximum Gasteiger partial charge on any atom is 0.166 e. The van der Waals surface area contributed by atoms with Crippen LogP contribution in [0.1, 0.15) is 36.3 Å². The van der Waals surface area contributed by atoms with Crippen LogP contribution in [-0.2, 0) is 6.42 Å². The summed E-state index contributed by atoms with van der Waals surface area (Å²) in [6.45, 7) is 4.03. The molecule has 1 heterocycles. The van der Waals surface area contributed by atoms with E-state index >= 15 is 0 Å². The number of rotatable bonds is 1. The molecule has 0 radical (unpaired) electrons. The van der Waals surface area contributed by atoms with Gasteiger partial charge >= 0.3 is 0 Å². The smallest absolute Gasteiger partial charge is 0.166 e. The predicted octanol–water partition coefficient (Wildman–Crippen LogP) is 3.14. The van der Waals surface area contributed by atoms with Crippen molar-refractivity contribution in [3.05, 3.63) is 41.5 Å². The van der Waals surface area contributed by atoms with Gasteiger partial charge in [-0.2, -0.15) is 0 Å². The molecule has 0 aliphatic heterocycles. The van der Waals surface area contributed by atoms with Crippen LogP contribution in [0.5, 0.6) is 5.75 Å². The fourth-order valence-electron chi connectivity index (χ4n) is 2.67. The number of halogens is 1. The van der Waals surface area contributed by atoms with Gasteiger partial charge in [0.2, 0.25) is 0 Å². The molecule has 0 saturated carbocycles. The molecule has 0 spiro atoms. The Labute approximate surface area is 121 Å². The molecule has 3 rings (SSSR count). The van der Waals surface area contributed by atoms with E-state index in [1.165, 1.54) is 18.3 Å². The Hall–Kier alpha value is -2.30. The highest BCUT2D eigenvalue weighted by Crippen LogP contribution is 2.34. The first-order chi connectivity index (χ1) is 9.84. The molecule has 21 heavy (non-hydrogen) atoms. The maximum absolute atomic E-state index is 13.4. The van der Waals surface area contributed by atoms with Gasteiger partial charge in [0.1, 0.15) is 11.6 Å². The number of phenols is 1. The lowest BCUT2D eigenvalue weighted by Crippen LogP contribution is -2.28. The van der Waals surface area contributed by atoms with Gasteiger partial charge in [0.05, 0.1) is 11.3 Å². The summed E-state index contributed by atoms with van der Waals surface area (Å²) in [6.07, 6.45) is 2.64. The lowest BCUT2D eigenvalue weighted by Gasteiger charge is -2.29. The largest absolute Gasteiger partial charge is 0.508 e. The molecular formula is C16H15FN2O2. The molecule has 1 aliphatic carbocycles. The first-order valence-electron chi connectivity index (χ1n) is 6.73. The number of nitrogens with zero attached hydrogens (tertiary/aromatic N) is 2. The van der Waals surface area contributed by atoms with E-state index in [4.69, 9.17) is 0 Å². The molecule has 0 atom stereocenters. The second-order valence-electron chi connectivity index (χ2n) is 6.19. The van der Waals surface area contributed by atoms with E-state index in [0.29, 0.717) is 35.5 Å². The van der Waals surface area contributed by atoms with E-state index in [2.05, 4.69) is 9.97 Å². The van der Waals surface area contributed by atoms with E-state index in [9.17, 15) is 14.3 Å². The highest BCUT2D eigenvalue weighted by Gasteiger charge is 2.32. The number of carbonyl (C=O) groups excluding carboxylic acids is 1. The summed E-state index contributed by atoms with van der Waals surface area (Å²) in [7, 11) is 0. The van der Waals surface area contributed by atoms with Crippen molar-refractivity contribution >= 4 is 5.78 Å². The van der Waals surface area contributed by atoms with Gasteiger partial charge in [-0.05, 0) is 24.0 Å². The van der Waals surface area contributed by atoms with Gasteiger partial charge in [-0.25, -0.2) is 14.4 Å². The van der Waals surface area contributed by atoms with Crippen molar-refractivity contribution in [2.75, 3.05) is 0 Å². The summed E-state index contributed by atoms with van der Waals surface area (Å²) < 4.78 is 13.4. The van der Waals surface area contributed by atoms with Crippen LogP contribution >= 0.6 is 0 Å². The summed E-state index contributed by atoms with van der Waals surface area (Å²) in [5.41, 5.74) is 1.48. The molecule has 4 nitrogen and oxygen atoms in total. The third-order valence-corrected chi connectivity index (χ3v) is 3.59. The second-order valence-corrected chi connectivity index (χ2v) is 6.19. The predicted molar refractivity (Wildman–Crippen MR) is 75.5 cm³/mol. The zero-order chi connectivity index (χ0) is 15.2. The summed E-state index contributed by atoms with van der Waals surface area (Å²) in [5, 5.41) is 9.47. The number of Topliss-reactive ketones (excluding diaryl/α,β-unsaturated/α-hetero) is 1. The lowest BCUT2D eigenvalue weighted by atomic mass is 9.76. The van der Waals surface area contributed by atoms with Crippen LogP contribution in [0.25, 0.3) is 11.4 Å². The number of benzene rings is 1. The molecule has 1 N–H and O–H groups in total. The molecular weight excluding hydrogens is 271 g/mol. The Balaban J connectivity index is 2.09. The van der Waals surface area contributed by atoms with Gasteiger partial charge in [0.25, 0.3) is 0 Å². The quantitative estimate of drug-likeness (QED) is 0.874. The summed E-state index contributed by atoms with van der Waals surface area (Å²) in [6, 6.07) is 3.69. The van der Waals surface area contributed by atoms with Crippen molar-refractivity contribution in [2.45, 2.75) is 26.7 Å². The number of hydrogen-bond acceptors (Lipinski definition) is 4. The Kier molecular flexibility index (Phi) is 3.01. The summed E-state index contributed by atoms with van der Waals surface area (Å²) >= 11 is 0. The van der Waals surface area contributed by atoms with Crippen molar-refractivity contribution in [1.29, 1.82) is 0 Å². The normalized spacial score (nSPS) is 16.6. The Morgan fingerprint density at radius 2 is 2.00 bits per heavy atom. The Morgan fingerprint density at radius 1 is 1.24 bits per heavy atom. The lowest BCUT2D eigenvalue weighted by molar-refractivity contribution is 0.0909. The van der Waals surface area contributed by atoms with Gasteiger partial charge in [-0.3, -0.25) is 4.79 Å². The zero-order valence-corrected chi connectivity index (χ0v) is 11.9. The molecule has 0 unspecified atom stereocenters. The molecule has 108 valence electrons. The van der Waals surface area contributed by atoms with Crippen LogP contribution in [0.15, 0.2) is 24.4 Å². The van der Waals surface area contributed by atoms with Gasteiger partial charge in [0, 0.05) is 24.2 Å². The molecule has 1 aromatic heterocycles. The molecule has 1 aromatic carbocycles. The van der Waals surface area contributed by atoms with Crippen LogP contribution in [-0.4, -0.2) is 20.9 Å². The standard InChI is InChI=1S/C16H15FN2O2/c1-16(2)6-13-12(14(21)7-16)8-18-15(19-13)9-3-10(17)5-11(20)4-9/h3-5,8,20H,6-7H2,1-2H3. The van der Waals surface area contributed by atoms with E-state index in [1.807, 2.05) is 13.8 Å². The van der Waals surface area contributed by atoms with Crippen molar-refractivity contribution < 1.29 is 14.3 Å². The minimum Gasteiger partial charge on any atom is -0.508 e. The van der Waals surface area contributed by atoms with E-state index in [-0.39, 0.29) is 16.9 Å². The van der Waals surface area contributed by atoms with Gasteiger partial charge < -0.3 is 5.11 Å². The van der Waals surface area contributed by atoms with Crippen molar-refractivity contribution in [1.82, 2.24) is 9.97 Å². The third-order valence-electron chi connectivity index (χ3n) is 3.59. The fraction of sp³-hybridized carbons (Fsp3) is 0.312. The van der Waals surface area contributed by atoms with Crippen LogP contribution in [0, 0.1) is 11.2 Å². The maximum atomic E-state index is 13.4. The van der Waals surface area contributed by atoms with E-state index in [1.54, 1.807) is 0 Å². The number of carbonyl (C=O) groups is 1. The van der Waals surface area contributed by atoms with E-state index < -0.39 is 5.82 Å². The fourth-order valence-corrected chi connectivity index (χ4v) is 2.67. The minimum atomic E-state index is -0.553. The van der Waals surface area contributed by atoms with Gasteiger partial charge in [-0.1, -0.05) is 13.8 Å². The number of ketones is 1. The molecule has 0 fully saturated rings. The number of phenolic OH excluding ortho intramolecular Hbond substituents is 1. The van der Waals surface area contributed by atoms with Crippen LogP contribution < -0.4 is 0 Å². The van der Waals surface area contributed by atoms with Crippen LogP contribution in [0.2, 0.25) is 0 Å². The molecule has 5 heteroatoms. The third kappa shape index (κ3) is 2.63. The molecule has 0 bridgehead atoms. The molecule has 1 aliphatic rings. The summed E-state index contributed by atoms with van der Waals surface area (Å²) in [4.78, 5) is 20.6. The van der Waals surface area contributed by atoms with Crippen LogP contribution in [0.4, 0.5) is 4.39 Å². The topological polar surface area (TPSA) is 63.1 Å². The van der Waals surface area contributed by atoms with Crippen molar-refractivity contribution in [2.24, 2.45) is 5.41 Å². The number of hydrogen-bond donors (Lipinski definition) is 1. The average Bonchev–Trinajstić information content (AvgIpc) is 2.35.